The monoisotopic (exact) mass is 316 g/mol. The minimum absolute atomic E-state index is 0.0626. The van der Waals surface area contributed by atoms with Gasteiger partial charge in [0.25, 0.3) is 0 Å². The van der Waals surface area contributed by atoms with Crippen molar-refractivity contribution in [2.45, 2.75) is 46.1 Å². The molecule has 1 saturated carbocycles. The smallest absolute Gasteiger partial charge is 0.224 e. The summed E-state index contributed by atoms with van der Waals surface area (Å²) in [5.74, 6) is 1.74. The molecule has 0 bridgehead atoms. The molecule has 0 spiro atoms. The highest BCUT2D eigenvalue weighted by atomic mass is 16.1. The highest BCUT2D eigenvalue weighted by molar-refractivity contribution is 5.90. The lowest BCUT2D eigenvalue weighted by molar-refractivity contribution is -0.116. The summed E-state index contributed by atoms with van der Waals surface area (Å²) < 4.78 is 0. The summed E-state index contributed by atoms with van der Waals surface area (Å²) in [6.07, 6.45) is 4.06. The van der Waals surface area contributed by atoms with E-state index >= 15 is 0 Å². The van der Waals surface area contributed by atoms with Crippen LogP contribution in [0.3, 0.4) is 0 Å². The number of nitrogens with zero attached hydrogens (tertiary/aromatic N) is 1. The zero-order valence-electron chi connectivity index (χ0n) is 14.2. The molecule has 5 heteroatoms. The minimum Gasteiger partial charge on any atom is -0.357 e. The number of rotatable bonds is 8. The molecule has 1 amide bonds. The normalized spacial score (nSPS) is 14.4. The molecule has 126 valence electrons. The van der Waals surface area contributed by atoms with Crippen LogP contribution < -0.4 is 16.0 Å². The van der Waals surface area contributed by atoms with Gasteiger partial charge < -0.3 is 16.0 Å². The third kappa shape index (κ3) is 6.72. The molecule has 0 aromatic heterocycles. The number of hydrogen-bond donors (Lipinski definition) is 3. The van der Waals surface area contributed by atoms with Crippen molar-refractivity contribution in [3.8, 4) is 0 Å². The standard InChI is InChI=1S/C18H28N4O/c1-3-6-17(23)22-16-8-5-7-15(11-16)13-21-18(19-4-2)20-12-14-9-10-14/h5,7-8,11,14H,3-4,6,9-10,12-13H2,1-2H3,(H,22,23)(H2,19,20,21). The second-order valence-corrected chi connectivity index (χ2v) is 6.02. The zero-order valence-corrected chi connectivity index (χ0v) is 14.2. The van der Waals surface area contributed by atoms with E-state index < -0.39 is 0 Å². The lowest BCUT2D eigenvalue weighted by atomic mass is 10.2. The third-order valence-corrected chi connectivity index (χ3v) is 3.71. The molecule has 3 N–H and O–H groups in total. The van der Waals surface area contributed by atoms with E-state index in [0.717, 1.165) is 42.6 Å². The van der Waals surface area contributed by atoms with Crippen LogP contribution in [0.15, 0.2) is 29.3 Å². The largest absolute Gasteiger partial charge is 0.357 e. The van der Waals surface area contributed by atoms with Crippen LogP contribution in [0.25, 0.3) is 0 Å². The first-order chi connectivity index (χ1) is 11.2. The third-order valence-electron chi connectivity index (χ3n) is 3.71. The van der Waals surface area contributed by atoms with Gasteiger partial charge in [-0.1, -0.05) is 19.1 Å². The Kier molecular flexibility index (Phi) is 6.91. The molecule has 2 rings (SSSR count). The van der Waals surface area contributed by atoms with Gasteiger partial charge in [0.1, 0.15) is 0 Å². The predicted molar refractivity (Wildman–Crippen MR) is 95.5 cm³/mol. The summed E-state index contributed by atoms with van der Waals surface area (Å²) in [6, 6.07) is 7.89. The van der Waals surface area contributed by atoms with Gasteiger partial charge in [0.15, 0.2) is 5.96 Å². The molecule has 1 aromatic carbocycles. The van der Waals surface area contributed by atoms with Crippen LogP contribution in [0.2, 0.25) is 0 Å². The average molecular weight is 316 g/mol. The molecule has 0 radical (unpaired) electrons. The van der Waals surface area contributed by atoms with E-state index in [1.165, 1.54) is 12.8 Å². The second kappa shape index (κ2) is 9.18. The van der Waals surface area contributed by atoms with Gasteiger partial charge in [0.05, 0.1) is 6.54 Å². The Morgan fingerprint density at radius 2 is 2.09 bits per heavy atom. The van der Waals surface area contributed by atoms with Crippen LogP contribution in [-0.2, 0) is 11.3 Å². The molecule has 0 heterocycles. The van der Waals surface area contributed by atoms with Gasteiger partial charge in [-0.25, -0.2) is 4.99 Å². The van der Waals surface area contributed by atoms with Gasteiger partial charge in [-0.3, -0.25) is 4.79 Å². The Morgan fingerprint density at radius 1 is 1.26 bits per heavy atom. The Balaban J connectivity index is 1.91. The maximum absolute atomic E-state index is 11.7. The maximum atomic E-state index is 11.7. The molecule has 1 fully saturated rings. The van der Waals surface area contributed by atoms with Crippen molar-refractivity contribution < 1.29 is 4.79 Å². The fraction of sp³-hybridized carbons (Fsp3) is 0.556. The van der Waals surface area contributed by atoms with Crippen molar-refractivity contribution in [2.24, 2.45) is 10.9 Å². The molecule has 1 aromatic rings. The topological polar surface area (TPSA) is 65.5 Å². The van der Waals surface area contributed by atoms with Crippen LogP contribution in [0, 0.1) is 5.92 Å². The Labute approximate surface area is 139 Å². The van der Waals surface area contributed by atoms with Gasteiger partial charge in [0, 0.05) is 25.2 Å². The zero-order chi connectivity index (χ0) is 16.5. The summed E-state index contributed by atoms with van der Waals surface area (Å²) in [5.41, 5.74) is 1.93. The van der Waals surface area contributed by atoms with Gasteiger partial charge >= 0.3 is 0 Å². The van der Waals surface area contributed by atoms with Crippen molar-refractivity contribution in [2.75, 3.05) is 18.4 Å². The van der Waals surface area contributed by atoms with Crippen molar-refractivity contribution in [1.29, 1.82) is 0 Å². The lowest BCUT2D eigenvalue weighted by Gasteiger charge is -2.11. The highest BCUT2D eigenvalue weighted by Gasteiger charge is 2.20. The second-order valence-electron chi connectivity index (χ2n) is 6.02. The Bertz CT molecular complexity index is 538. The number of benzene rings is 1. The number of amides is 1. The van der Waals surface area contributed by atoms with E-state index in [0.29, 0.717) is 13.0 Å². The minimum atomic E-state index is 0.0626. The van der Waals surface area contributed by atoms with Crippen molar-refractivity contribution in [1.82, 2.24) is 10.6 Å². The van der Waals surface area contributed by atoms with E-state index in [9.17, 15) is 4.79 Å². The Hall–Kier alpha value is -2.04. The SMILES string of the molecule is CCCC(=O)Nc1cccc(CN=C(NCC)NCC2CC2)c1. The summed E-state index contributed by atoms with van der Waals surface area (Å²) in [4.78, 5) is 16.3. The van der Waals surface area contributed by atoms with Crippen LogP contribution in [-0.4, -0.2) is 25.0 Å². The first-order valence-corrected chi connectivity index (χ1v) is 8.62. The number of guanidine groups is 1. The number of carbonyl (C=O) groups excluding carboxylic acids is 1. The van der Waals surface area contributed by atoms with Gasteiger partial charge in [-0.15, -0.1) is 0 Å². The quantitative estimate of drug-likeness (QED) is 0.510. The predicted octanol–water partition coefficient (Wildman–Crippen LogP) is 2.89. The maximum Gasteiger partial charge on any atom is 0.224 e. The fourth-order valence-electron chi connectivity index (χ4n) is 2.27. The van der Waals surface area contributed by atoms with Crippen molar-refractivity contribution >= 4 is 17.6 Å². The van der Waals surface area contributed by atoms with Gasteiger partial charge in [-0.2, -0.15) is 0 Å². The molecule has 0 unspecified atom stereocenters. The first-order valence-electron chi connectivity index (χ1n) is 8.62. The van der Waals surface area contributed by atoms with E-state index in [1.54, 1.807) is 0 Å². The van der Waals surface area contributed by atoms with Crippen LogP contribution in [0.5, 0.6) is 0 Å². The Morgan fingerprint density at radius 3 is 2.78 bits per heavy atom. The summed E-state index contributed by atoms with van der Waals surface area (Å²) in [6.45, 7) is 6.51. The van der Waals surface area contributed by atoms with Crippen molar-refractivity contribution in [3.63, 3.8) is 0 Å². The molecular formula is C18H28N4O. The summed E-state index contributed by atoms with van der Waals surface area (Å²) in [7, 11) is 0. The number of nitrogens with one attached hydrogen (secondary N) is 3. The van der Waals surface area contributed by atoms with E-state index in [4.69, 9.17) is 0 Å². The molecule has 5 nitrogen and oxygen atoms in total. The molecule has 0 atom stereocenters. The number of anilines is 1. The molecular weight excluding hydrogens is 288 g/mol. The summed E-state index contributed by atoms with van der Waals surface area (Å²) in [5, 5.41) is 9.58. The summed E-state index contributed by atoms with van der Waals surface area (Å²) >= 11 is 0. The molecule has 1 aliphatic carbocycles. The number of aliphatic imine (C=N–C) groups is 1. The van der Waals surface area contributed by atoms with E-state index in [2.05, 4.69) is 27.9 Å². The highest BCUT2D eigenvalue weighted by Crippen LogP contribution is 2.27. The molecule has 1 aliphatic rings. The molecule has 0 aliphatic heterocycles. The lowest BCUT2D eigenvalue weighted by Crippen LogP contribution is -2.38. The number of hydrogen-bond acceptors (Lipinski definition) is 2. The van der Waals surface area contributed by atoms with Crippen LogP contribution >= 0.6 is 0 Å². The molecule has 0 saturated heterocycles. The van der Waals surface area contributed by atoms with Crippen molar-refractivity contribution in [3.05, 3.63) is 29.8 Å². The average Bonchev–Trinajstić information content (AvgIpc) is 3.35. The van der Waals surface area contributed by atoms with Crippen LogP contribution in [0.4, 0.5) is 5.69 Å². The number of carbonyl (C=O) groups is 1. The van der Waals surface area contributed by atoms with Gasteiger partial charge in [0.2, 0.25) is 5.91 Å². The van der Waals surface area contributed by atoms with Crippen LogP contribution in [0.1, 0.15) is 45.1 Å². The van der Waals surface area contributed by atoms with E-state index in [-0.39, 0.29) is 5.91 Å². The van der Waals surface area contributed by atoms with E-state index in [1.807, 2.05) is 31.2 Å². The van der Waals surface area contributed by atoms with Gasteiger partial charge in [-0.05, 0) is 49.8 Å². The fourth-order valence-corrected chi connectivity index (χ4v) is 2.27. The first kappa shape index (κ1) is 17.3. The molecule has 23 heavy (non-hydrogen) atoms.